The Bertz CT molecular complexity index is 132. The van der Waals surface area contributed by atoms with E-state index in [4.69, 9.17) is 5.73 Å². The fraction of sp³-hybridized carbons (Fsp3) is 0.571. The number of allylic oxidation sites excluding steroid dienone is 1. The van der Waals surface area contributed by atoms with E-state index < -0.39 is 0 Å². The molecule has 0 radical (unpaired) electrons. The van der Waals surface area contributed by atoms with Crippen molar-refractivity contribution in [2.45, 2.75) is 26.7 Å². The third-order valence-corrected chi connectivity index (χ3v) is 1.13. The van der Waals surface area contributed by atoms with E-state index in [1.165, 1.54) is 0 Å². The van der Waals surface area contributed by atoms with Crippen molar-refractivity contribution in [1.82, 2.24) is 0 Å². The maximum absolute atomic E-state index is 10.4. The van der Waals surface area contributed by atoms with Crippen molar-refractivity contribution < 1.29 is 4.79 Å². The van der Waals surface area contributed by atoms with Gasteiger partial charge in [0.15, 0.2) is 0 Å². The number of hydrogen-bond acceptors (Lipinski definition) is 1. The number of rotatable bonds is 3. The third-order valence-electron chi connectivity index (χ3n) is 1.13. The van der Waals surface area contributed by atoms with Crippen molar-refractivity contribution >= 4 is 18.3 Å². The number of carbonyl (C=O) groups excluding carboxylic acids is 1. The molecule has 0 aliphatic rings. The molecule has 60 valence electrons. The molecule has 0 rings (SSSR count). The molecule has 0 aliphatic heterocycles. The van der Waals surface area contributed by atoms with Crippen LogP contribution in [0.1, 0.15) is 26.7 Å². The van der Waals surface area contributed by atoms with Gasteiger partial charge in [-0.25, -0.2) is 0 Å². The van der Waals surface area contributed by atoms with Gasteiger partial charge in [0.25, 0.3) is 0 Å². The highest BCUT2D eigenvalue weighted by molar-refractivity contribution is 5.91. The highest BCUT2D eigenvalue weighted by atomic mass is 35.5. The van der Waals surface area contributed by atoms with E-state index in [1.807, 2.05) is 6.08 Å². The van der Waals surface area contributed by atoms with Gasteiger partial charge in [0.2, 0.25) is 5.91 Å². The summed E-state index contributed by atoms with van der Waals surface area (Å²) in [7, 11) is 0. The van der Waals surface area contributed by atoms with Crippen LogP contribution in [0.2, 0.25) is 0 Å². The molecule has 0 heterocycles. The highest BCUT2D eigenvalue weighted by Gasteiger charge is 1.93. The number of hydrogen-bond donors (Lipinski definition) is 1. The lowest BCUT2D eigenvalue weighted by Gasteiger charge is -1.90. The fourth-order valence-corrected chi connectivity index (χ4v) is 0.461. The summed E-state index contributed by atoms with van der Waals surface area (Å²) in [5.74, 6) is -0.316. The minimum absolute atomic E-state index is 0. The number of carbonyl (C=O) groups is 1. The molecule has 0 aliphatic carbocycles. The molecular formula is C7H14ClNO. The molecular weight excluding hydrogens is 150 g/mol. The zero-order valence-corrected chi connectivity index (χ0v) is 7.20. The highest BCUT2D eigenvalue weighted by Crippen LogP contribution is 1.95. The van der Waals surface area contributed by atoms with Crippen molar-refractivity contribution in [3.63, 3.8) is 0 Å². The van der Waals surface area contributed by atoms with E-state index in [1.54, 1.807) is 6.92 Å². The molecule has 0 saturated carbocycles. The zero-order valence-electron chi connectivity index (χ0n) is 6.39. The molecule has 0 spiro atoms. The zero-order chi connectivity index (χ0) is 7.28. The van der Waals surface area contributed by atoms with Crippen LogP contribution >= 0.6 is 12.4 Å². The Morgan fingerprint density at radius 1 is 1.60 bits per heavy atom. The van der Waals surface area contributed by atoms with Gasteiger partial charge in [0.1, 0.15) is 0 Å². The second-order valence-corrected chi connectivity index (χ2v) is 2.04. The van der Waals surface area contributed by atoms with Gasteiger partial charge in [-0.05, 0) is 13.3 Å². The second kappa shape index (κ2) is 6.62. The van der Waals surface area contributed by atoms with Gasteiger partial charge >= 0.3 is 0 Å². The van der Waals surface area contributed by atoms with Crippen molar-refractivity contribution in [3.05, 3.63) is 11.6 Å². The van der Waals surface area contributed by atoms with Crippen LogP contribution in [0.25, 0.3) is 0 Å². The summed E-state index contributed by atoms with van der Waals surface area (Å²) in [6.45, 7) is 3.79. The molecule has 3 heteroatoms. The SMILES string of the molecule is CCCC=C(C)C(N)=O.Cl. The first kappa shape index (κ1) is 12.2. The van der Waals surface area contributed by atoms with Crippen LogP contribution in [-0.2, 0) is 4.79 Å². The molecule has 0 aromatic heterocycles. The van der Waals surface area contributed by atoms with Crippen molar-refractivity contribution in [2.75, 3.05) is 0 Å². The fourth-order valence-electron chi connectivity index (χ4n) is 0.461. The summed E-state index contributed by atoms with van der Waals surface area (Å²) in [6.07, 6.45) is 3.86. The van der Waals surface area contributed by atoms with E-state index >= 15 is 0 Å². The maximum Gasteiger partial charge on any atom is 0.244 e. The van der Waals surface area contributed by atoms with Crippen LogP contribution in [0, 0.1) is 0 Å². The van der Waals surface area contributed by atoms with Crippen molar-refractivity contribution in [1.29, 1.82) is 0 Å². The normalized spacial score (nSPS) is 10.4. The lowest BCUT2D eigenvalue weighted by Crippen LogP contribution is -2.11. The van der Waals surface area contributed by atoms with Crippen LogP contribution in [0.3, 0.4) is 0 Å². The third kappa shape index (κ3) is 5.63. The Balaban J connectivity index is 0. The molecule has 2 N–H and O–H groups in total. The number of unbranched alkanes of at least 4 members (excludes halogenated alkanes) is 1. The largest absolute Gasteiger partial charge is 0.366 e. The summed E-state index contributed by atoms with van der Waals surface area (Å²) in [4.78, 5) is 10.4. The number of amides is 1. The average molecular weight is 164 g/mol. The Labute approximate surface area is 67.9 Å². The molecule has 0 unspecified atom stereocenters. The molecule has 0 saturated heterocycles. The van der Waals surface area contributed by atoms with Crippen LogP contribution in [-0.4, -0.2) is 5.91 Å². The molecule has 10 heavy (non-hydrogen) atoms. The predicted octanol–water partition coefficient (Wildman–Crippen LogP) is 1.64. The van der Waals surface area contributed by atoms with Crippen LogP contribution < -0.4 is 5.73 Å². The van der Waals surface area contributed by atoms with Gasteiger partial charge in [-0.1, -0.05) is 19.4 Å². The summed E-state index contributed by atoms with van der Waals surface area (Å²) >= 11 is 0. The second-order valence-electron chi connectivity index (χ2n) is 2.04. The van der Waals surface area contributed by atoms with Gasteiger partial charge in [-0.15, -0.1) is 12.4 Å². The molecule has 0 atom stereocenters. The monoisotopic (exact) mass is 163 g/mol. The average Bonchev–Trinajstić information content (AvgIpc) is 1.82. The number of halogens is 1. The summed E-state index contributed by atoms with van der Waals surface area (Å²) < 4.78 is 0. The van der Waals surface area contributed by atoms with E-state index in [2.05, 4.69) is 6.92 Å². The van der Waals surface area contributed by atoms with Gasteiger partial charge in [-0.2, -0.15) is 0 Å². The van der Waals surface area contributed by atoms with E-state index in [9.17, 15) is 4.79 Å². The minimum atomic E-state index is -0.316. The molecule has 2 nitrogen and oxygen atoms in total. The first-order valence-electron chi connectivity index (χ1n) is 3.15. The van der Waals surface area contributed by atoms with E-state index in [-0.39, 0.29) is 18.3 Å². The maximum atomic E-state index is 10.4. The molecule has 1 amide bonds. The van der Waals surface area contributed by atoms with Crippen molar-refractivity contribution in [3.8, 4) is 0 Å². The molecule has 0 aromatic rings. The van der Waals surface area contributed by atoms with Gasteiger partial charge in [-0.3, -0.25) is 4.79 Å². The Hall–Kier alpha value is -0.500. The van der Waals surface area contributed by atoms with Crippen LogP contribution in [0.4, 0.5) is 0 Å². The minimum Gasteiger partial charge on any atom is -0.366 e. The van der Waals surface area contributed by atoms with Gasteiger partial charge in [0, 0.05) is 5.57 Å². The summed E-state index contributed by atoms with van der Waals surface area (Å²) in [5, 5.41) is 0. The Morgan fingerprint density at radius 2 is 2.10 bits per heavy atom. The van der Waals surface area contributed by atoms with Crippen LogP contribution in [0.15, 0.2) is 11.6 Å². The molecule has 0 aromatic carbocycles. The Morgan fingerprint density at radius 3 is 2.40 bits per heavy atom. The smallest absolute Gasteiger partial charge is 0.244 e. The van der Waals surface area contributed by atoms with E-state index in [0.29, 0.717) is 5.57 Å². The van der Waals surface area contributed by atoms with E-state index in [0.717, 1.165) is 12.8 Å². The van der Waals surface area contributed by atoms with Crippen LogP contribution in [0.5, 0.6) is 0 Å². The molecule has 0 fully saturated rings. The number of nitrogens with two attached hydrogens (primary N) is 1. The topological polar surface area (TPSA) is 43.1 Å². The van der Waals surface area contributed by atoms with Gasteiger partial charge < -0.3 is 5.73 Å². The van der Waals surface area contributed by atoms with Gasteiger partial charge in [0.05, 0.1) is 0 Å². The number of primary amides is 1. The lowest BCUT2D eigenvalue weighted by molar-refractivity contribution is -0.114. The predicted molar refractivity (Wildman–Crippen MR) is 45.1 cm³/mol. The summed E-state index contributed by atoms with van der Waals surface area (Å²) in [6, 6.07) is 0. The van der Waals surface area contributed by atoms with Crippen molar-refractivity contribution in [2.24, 2.45) is 5.73 Å². The quantitative estimate of drug-likeness (QED) is 0.632. The first-order chi connectivity index (χ1) is 4.18. The lowest BCUT2D eigenvalue weighted by atomic mass is 10.2. The molecule has 0 bridgehead atoms. The summed E-state index contributed by atoms with van der Waals surface area (Å²) in [5.41, 5.74) is 5.63. The Kier molecular flexibility index (Phi) is 8.07. The first-order valence-corrected chi connectivity index (χ1v) is 3.15. The standard InChI is InChI=1S/C7H13NO.ClH/c1-3-4-5-6(2)7(8)9;/h5H,3-4H2,1-2H3,(H2,8,9);1H.